The first kappa shape index (κ1) is 23.9. The first-order valence-corrected chi connectivity index (χ1v) is 10.3. The van der Waals surface area contributed by atoms with Crippen LogP contribution in [-0.4, -0.2) is 21.6 Å². The second-order valence-electron chi connectivity index (χ2n) is 5.25. The largest absolute Gasteiger partial charge is 0.461 e. The minimum Gasteiger partial charge on any atom is -0.248 e. The molecule has 0 spiro atoms. The highest BCUT2D eigenvalue weighted by Crippen LogP contribution is 2.51. The fraction of sp³-hybridized carbons (Fsp3) is 0.200. The van der Waals surface area contributed by atoms with Gasteiger partial charge >= 0.3 is 17.4 Å². The van der Waals surface area contributed by atoms with Crippen molar-refractivity contribution in [2.45, 2.75) is 22.2 Å². The van der Waals surface area contributed by atoms with E-state index in [-0.39, 0.29) is 30.1 Å². The maximum Gasteiger partial charge on any atom is 0.461 e. The molecule has 0 saturated heterocycles. The Hall–Kier alpha value is -0.360. The van der Waals surface area contributed by atoms with Gasteiger partial charge in [0.1, 0.15) is 10.8 Å². The second kappa shape index (κ2) is 8.05. The summed E-state index contributed by atoms with van der Waals surface area (Å²) in [5, 5.41) is -5.91. The molecule has 1 atom stereocenters. The quantitative estimate of drug-likeness (QED) is 0.326. The molecule has 1 nitrogen and oxygen atoms in total. The molecular weight excluding hydrogens is 592 g/mol. The van der Waals surface area contributed by atoms with Gasteiger partial charge in [-0.15, -0.1) is 0 Å². The summed E-state index contributed by atoms with van der Waals surface area (Å²) >= 11 is 17.5. The Labute approximate surface area is 182 Å². The summed E-state index contributed by atoms with van der Waals surface area (Å²) in [6.45, 7) is 0. The number of hydrogen-bond donors (Lipinski definition) is 0. The normalized spacial score (nSPS) is 14.2. The van der Waals surface area contributed by atoms with Crippen molar-refractivity contribution in [1.29, 1.82) is 0 Å². The van der Waals surface area contributed by atoms with Gasteiger partial charge in [-0.25, -0.2) is 4.21 Å². The fourth-order valence-electron chi connectivity index (χ4n) is 2.05. The van der Waals surface area contributed by atoms with E-state index in [1.54, 1.807) is 0 Å². The number of hydrogen-bond acceptors (Lipinski definition) is 1. The molecule has 13 heteroatoms. The Morgan fingerprint density at radius 1 is 0.857 bits per heavy atom. The second-order valence-corrected chi connectivity index (χ2v) is 9.32. The third-order valence-corrected chi connectivity index (χ3v) is 6.65. The molecule has 0 saturated carbocycles. The van der Waals surface area contributed by atoms with Gasteiger partial charge < -0.3 is 0 Å². The lowest BCUT2D eigenvalue weighted by Gasteiger charge is -2.28. The summed E-state index contributed by atoms with van der Waals surface area (Å²) in [4.78, 5) is -0.964. The lowest BCUT2D eigenvalue weighted by Crippen LogP contribution is -2.54. The van der Waals surface area contributed by atoms with Crippen molar-refractivity contribution in [2.75, 3.05) is 0 Å². The summed E-state index contributed by atoms with van der Waals surface area (Å²) in [7, 11) is -4.09. The average Bonchev–Trinajstić information content (AvgIpc) is 2.55. The molecule has 0 radical (unpaired) electrons. The van der Waals surface area contributed by atoms with Gasteiger partial charge in [-0.3, -0.25) is 0 Å². The molecule has 154 valence electrons. The third-order valence-electron chi connectivity index (χ3n) is 3.38. The molecule has 0 aliphatic heterocycles. The van der Waals surface area contributed by atoms with Crippen LogP contribution in [0.5, 0.6) is 0 Å². The van der Waals surface area contributed by atoms with Crippen LogP contribution in [-0.2, 0) is 10.8 Å². The maximum atomic E-state index is 14.0. The molecule has 0 heterocycles. The van der Waals surface area contributed by atoms with Crippen molar-refractivity contribution in [3.05, 3.63) is 49.3 Å². The predicted octanol–water partition coefficient (Wildman–Crippen LogP) is 8.08. The first-order valence-electron chi connectivity index (χ1n) is 6.80. The van der Waals surface area contributed by atoms with E-state index in [0.717, 1.165) is 6.07 Å². The predicted molar refractivity (Wildman–Crippen MR) is 99.7 cm³/mol. The average molecular weight is 597 g/mol. The lowest BCUT2D eigenvalue weighted by molar-refractivity contribution is -0.331. The van der Waals surface area contributed by atoms with Crippen LogP contribution in [0.2, 0.25) is 10.0 Å². The van der Waals surface area contributed by atoms with E-state index in [4.69, 9.17) is 23.2 Å². The zero-order valence-corrected chi connectivity index (χ0v) is 18.4. The van der Waals surface area contributed by atoms with E-state index < -0.39 is 33.0 Å². The Kier molecular flexibility index (Phi) is 6.88. The van der Waals surface area contributed by atoms with E-state index in [2.05, 4.69) is 31.9 Å². The van der Waals surface area contributed by atoms with Crippen LogP contribution in [0.3, 0.4) is 0 Å². The van der Waals surface area contributed by atoms with Crippen LogP contribution < -0.4 is 0 Å². The van der Waals surface area contributed by atoms with Crippen molar-refractivity contribution >= 4 is 65.9 Å². The summed E-state index contributed by atoms with van der Waals surface area (Å²) < 4.78 is 105. The van der Waals surface area contributed by atoms with Gasteiger partial charge in [0.05, 0.1) is 14.9 Å². The minimum atomic E-state index is -6.61. The van der Waals surface area contributed by atoms with Crippen LogP contribution in [0.4, 0.5) is 30.7 Å². The molecule has 0 aliphatic rings. The van der Waals surface area contributed by atoms with Crippen molar-refractivity contribution in [2.24, 2.45) is 0 Å². The van der Waals surface area contributed by atoms with Crippen molar-refractivity contribution in [1.82, 2.24) is 0 Å². The van der Waals surface area contributed by atoms with Gasteiger partial charge in [0.25, 0.3) is 0 Å². The van der Waals surface area contributed by atoms with Crippen molar-refractivity contribution in [3.63, 3.8) is 0 Å². The van der Waals surface area contributed by atoms with Gasteiger partial charge in [0.15, 0.2) is 0 Å². The molecule has 0 amide bonds. The lowest BCUT2D eigenvalue weighted by atomic mass is 10.1. The van der Waals surface area contributed by atoms with Crippen molar-refractivity contribution < 1.29 is 34.9 Å². The highest BCUT2D eigenvalue weighted by molar-refractivity contribution is 9.11. The van der Waals surface area contributed by atoms with Gasteiger partial charge in [0, 0.05) is 14.5 Å². The van der Waals surface area contributed by atoms with Gasteiger partial charge in [-0.1, -0.05) is 61.1 Å². The molecule has 0 aromatic heterocycles. The van der Waals surface area contributed by atoms with Crippen LogP contribution in [0.1, 0.15) is 0 Å². The summed E-state index contributed by atoms with van der Waals surface area (Å²) in [6.07, 6.45) is -6.61. The minimum absolute atomic E-state index is 0.00487. The Morgan fingerprint density at radius 2 is 1.43 bits per heavy atom. The number of rotatable bonds is 4. The monoisotopic (exact) mass is 594 g/mol. The molecule has 0 aliphatic carbocycles. The molecule has 0 fully saturated rings. The van der Waals surface area contributed by atoms with Gasteiger partial charge in [-0.05, 0) is 29.8 Å². The first-order chi connectivity index (χ1) is 12.6. The highest BCUT2D eigenvalue weighted by atomic mass is 79.9. The standard InChI is InChI=1S/C15H5Br2Cl2F7OS/c16-7-4-8(17)12(6-1-2-9(18)10(19)3-6)11(5-7)28(27)15(25,26)13(20,21)14(22,23)24/h1-5H. The summed E-state index contributed by atoms with van der Waals surface area (Å²) in [5.74, 6) is -6.53. The van der Waals surface area contributed by atoms with Crippen LogP contribution in [0.15, 0.2) is 44.2 Å². The molecule has 2 aromatic carbocycles. The van der Waals surface area contributed by atoms with Crippen LogP contribution in [0.25, 0.3) is 11.1 Å². The third kappa shape index (κ3) is 4.23. The summed E-state index contributed by atoms with van der Waals surface area (Å²) in [6, 6.07) is 5.74. The van der Waals surface area contributed by atoms with Crippen LogP contribution >= 0.6 is 55.1 Å². The topological polar surface area (TPSA) is 17.1 Å². The molecule has 28 heavy (non-hydrogen) atoms. The Balaban J connectivity index is 2.75. The SMILES string of the molecule is O=S(c1cc(Br)cc(Br)c1-c1ccc(Cl)c(Cl)c1)C(F)(F)C(F)(F)C(F)(F)F. The van der Waals surface area contributed by atoms with E-state index in [0.29, 0.717) is 0 Å². The molecule has 2 aromatic rings. The van der Waals surface area contributed by atoms with Gasteiger partial charge in [-0.2, -0.15) is 30.7 Å². The van der Waals surface area contributed by atoms with E-state index in [1.807, 2.05) is 0 Å². The zero-order valence-electron chi connectivity index (χ0n) is 12.9. The maximum absolute atomic E-state index is 14.0. The van der Waals surface area contributed by atoms with E-state index in [1.165, 1.54) is 24.3 Å². The fourth-order valence-corrected chi connectivity index (χ4v) is 5.35. The van der Waals surface area contributed by atoms with Gasteiger partial charge in [0.2, 0.25) is 0 Å². The zero-order chi connectivity index (χ0) is 21.7. The summed E-state index contributed by atoms with van der Waals surface area (Å²) in [5.41, 5.74) is -0.291. The Bertz CT molecular complexity index is 951. The Morgan fingerprint density at radius 3 is 1.93 bits per heavy atom. The van der Waals surface area contributed by atoms with E-state index in [9.17, 15) is 34.9 Å². The van der Waals surface area contributed by atoms with Crippen LogP contribution in [0, 0.1) is 0 Å². The molecular formula is C15H5Br2Cl2F7OS. The van der Waals surface area contributed by atoms with E-state index >= 15 is 0 Å². The molecule has 0 N–H and O–H groups in total. The number of halogens is 11. The molecule has 2 rings (SSSR count). The molecule has 0 bridgehead atoms. The number of benzene rings is 2. The molecule has 1 unspecified atom stereocenters. The highest BCUT2D eigenvalue weighted by Gasteiger charge is 2.76. The van der Waals surface area contributed by atoms with Crippen molar-refractivity contribution in [3.8, 4) is 11.1 Å². The smallest absolute Gasteiger partial charge is 0.248 e. The number of alkyl halides is 7.